The highest BCUT2D eigenvalue weighted by atomic mass is 35.5. The molecular formula is C9H17ClN2O. The van der Waals surface area contributed by atoms with E-state index in [0.717, 1.165) is 13.1 Å². The first-order valence-electron chi connectivity index (χ1n) is 4.32. The average Bonchev–Trinajstić information content (AvgIpc) is 2.03. The monoisotopic (exact) mass is 204 g/mol. The van der Waals surface area contributed by atoms with Gasteiger partial charge in [-0.15, -0.1) is 12.4 Å². The highest BCUT2D eigenvalue weighted by molar-refractivity contribution is 5.87. The van der Waals surface area contributed by atoms with E-state index in [0.29, 0.717) is 0 Å². The van der Waals surface area contributed by atoms with Crippen molar-refractivity contribution in [1.29, 1.82) is 0 Å². The zero-order chi connectivity index (χ0) is 9.14. The lowest BCUT2D eigenvalue weighted by Gasteiger charge is -2.38. The minimum absolute atomic E-state index is 0. The van der Waals surface area contributed by atoms with Gasteiger partial charge in [0.25, 0.3) is 0 Å². The van der Waals surface area contributed by atoms with E-state index in [1.807, 2.05) is 18.7 Å². The van der Waals surface area contributed by atoms with Crippen molar-refractivity contribution >= 4 is 18.3 Å². The molecule has 1 N–H and O–H groups in total. The molecule has 0 aromatic rings. The van der Waals surface area contributed by atoms with Crippen LogP contribution in [0.1, 0.15) is 13.8 Å². The van der Waals surface area contributed by atoms with Crippen LogP contribution in [0.3, 0.4) is 0 Å². The molecule has 4 heteroatoms. The lowest BCUT2D eigenvalue weighted by molar-refractivity contribution is -0.131. The van der Waals surface area contributed by atoms with Crippen LogP contribution in [-0.2, 0) is 4.79 Å². The summed E-state index contributed by atoms with van der Waals surface area (Å²) in [5, 5.41) is 3.27. The van der Waals surface area contributed by atoms with Crippen molar-refractivity contribution < 1.29 is 4.79 Å². The van der Waals surface area contributed by atoms with Crippen molar-refractivity contribution in [3.8, 4) is 0 Å². The van der Waals surface area contributed by atoms with Crippen LogP contribution in [-0.4, -0.2) is 36.0 Å². The lowest BCUT2D eigenvalue weighted by Crippen LogP contribution is -2.56. The van der Waals surface area contributed by atoms with Gasteiger partial charge in [-0.1, -0.05) is 6.58 Å². The van der Waals surface area contributed by atoms with Crippen LogP contribution in [0.2, 0.25) is 0 Å². The summed E-state index contributed by atoms with van der Waals surface area (Å²) in [7, 11) is 0. The van der Waals surface area contributed by atoms with Crippen LogP contribution in [0.15, 0.2) is 12.7 Å². The predicted octanol–water partition coefficient (Wildman–Crippen LogP) is 0.803. The summed E-state index contributed by atoms with van der Waals surface area (Å²) in [5.41, 5.74) is 0. The van der Waals surface area contributed by atoms with Gasteiger partial charge < -0.3 is 10.2 Å². The molecule has 1 heterocycles. The summed E-state index contributed by atoms with van der Waals surface area (Å²) >= 11 is 0. The van der Waals surface area contributed by atoms with Gasteiger partial charge in [0.2, 0.25) is 5.91 Å². The number of piperazine rings is 1. The summed E-state index contributed by atoms with van der Waals surface area (Å²) in [4.78, 5) is 13.2. The Kier molecular flexibility index (Phi) is 5.03. The number of nitrogens with zero attached hydrogens (tertiary/aromatic N) is 1. The molecule has 1 aliphatic rings. The molecular weight excluding hydrogens is 188 g/mol. The molecule has 0 aliphatic carbocycles. The van der Waals surface area contributed by atoms with Crippen LogP contribution < -0.4 is 5.32 Å². The van der Waals surface area contributed by atoms with Crippen LogP contribution in [0.5, 0.6) is 0 Å². The number of hydrogen-bond acceptors (Lipinski definition) is 2. The number of carbonyl (C=O) groups excluding carboxylic acids is 1. The van der Waals surface area contributed by atoms with Gasteiger partial charge in [0, 0.05) is 25.2 Å². The molecule has 0 spiro atoms. The highest BCUT2D eigenvalue weighted by Crippen LogP contribution is 2.09. The third-order valence-electron chi connectivity index (χ3n) is 2.26. The van der Waals surface area contributed by atoms with Gasteiger partial charge in [-0.3, -0.25) is 4.79 Å². The molecule has 0 radical (unpaired) electrons. The number of carbonyl (C=O) groups is 1. The van der Waals surface area contributed by atoms with Gasteiger partial charge in [0.05, 0.1) is 0 Å². The normalized spacial score (nSPS) is 27.7. The van der Waals surface area contributed by atoms with Crippen LogP contribution in [0, 0.1) is 0 Å². The van der Waals surface area contributed by atoms with Crippen molar-refractivity contribution in [2.45, 2.75) is 25.9 Å². The maximum absolute atomic E-state index is 11.4. The van der Waals surface area contributed by atoms with E-state index in [1.54, 1.807) is 0 Å². The summed E-state index contributed by atoms with van der Waals surface area (Å²) in [5.74, 6) is 0.0384. The van der Waals surface area contributed by atoms with E-state index in [4.69, 9.17) is 0 Å². The topological polar surface area (TPSA) is 32.3 Å². The average molecular weight is 205 g/mol. The van der Waals surface area contributed by atoms with Crippen LogP contribution in [0.4, 0.5) is 0 Å². The Morgan fingerprint density at radius 2 is 1.92 bits per heavy atom. The standard InChI is InChI=1S/C9H16N2O.ClH/c1-4-9(12)11-7(2)5-10-6-8(11)3;/h4,7-8,10H,1,5-6H2,2-3H3;1H. The fourth-order valence-corrected chi connectivity index (χ4v) is 1.67. The third-order valence-corrected chi connectivity index (χ3v) is 2.26. The second-order valence-corrected chi connectivity index (χ2v) is 3.31. The summed E-state index contributed by atoms with van der Waals surface area (Å²) in [6, 6.07) is 0.554. The smallest absolute Gasteiger partial charge is 0.246 e. The summed E-state index contributed by atoms with van der Waals surface area (Å²) in [6.45, 7) is 9.34. The van der Waals surface area contributed by atoms with Gasteiger partial charge in [-0.05, 0) is 19.9 Å². The molecule has 1 rings (SSSR count). The number of hydrogen-bond donors (Lipinski definition) is 1. The third kappa shape index (κ3) is 2.71. The van der Waals surface area contributed by atoms with Crippen LogP contribution in [0.25, 0.3) is 0 Å². The van der Waals surface area contributed by atoms with Crippen LogP contribution >= 0.6 is 12.4 Å². The Bertz CT molecular complexity index is 186. The van der Waals surface area contributed by atoms with Gasteiger partial charge in [-0.2, -0.15) is 0 Å². The lowest BCUT2D eigenvalue weighted by atomic mass is 10.1. The Balaban J connectivity index is 0.00000144. The largest absolute Gasteiger partial charge is 0.331 e. The van der Waals surface area contributed by atoms with Crippen molar-refractivity contribution in [1.82, 2.24) is 10.2 Å². The molecule has 1 fully saturated rings. The molecule has 0 aromatic heterocycles. The Labute approximate surface area is 85.6 Å². The maximum atomic E-state index is 11.4. The Morgan fingerprint density at radius 1 is 1.46 bits per heavy atom. The fraction of sp³-hybridized carbons (Fsp3) is 0.667. The minimum atomic E-state index is 0. The number of rotatable bonds is 1. The molecule has 76 valence electrons. The zero-order valence-corrected chi connectivity index (χ0v) is 8.93. The van der Waals surface area contributed by atoms with E-state index in [1.165, 1.54) is 6.08 Å². The van der Waals surface area contributed by atoms with E-state index in [9.17, 15) is 4.79 Å². The SMILES string of the molecule is C=CC(=O)N1C(C)CNCC1C.Cl. The molecule has 0 aromatic carbocycles. The van der Waals surface area contributed by atoms with Gasteiger partial charge in [-0.25, -0.2) is 0 Å². The highest BCUT2D eigenvalue weighted by Gasteiger charge is 2.26. The Morgan fingerprint density at radius 3 is 2.31 bits per heavy atom. The van der Waals surface area contributed by atoms with Gasteiger partial charge in [0.15, 0.2) is 0 Å². The van der Waals surface area contributed by atoms with Gasteiger partial charge >= 0.3 is 0 Å². The first-order valence-corrected chi connectivity index (χ1v) is 4.32. The van der Waals surface area contributed by atoms with E-state index >= 15 is 0 Å². The summed E-state index contributed by atoms with van der Waals surface area (Å²) in [6.07, 6.45) is 1.39. The van der Waals surface area contributed by atoms with E-state index in [-0.39, 0.29) is 30.4 Å². The summed E-state index contributed by atoms with van der Waals surface area (Å²) < 4.78 is 0. The second kappa shape index (κ2) is 5.25. The number of nitrogens with one attached hydrogen (secondary N) is 1. The molecule has 1 aliphatic heterocycles. The number of amides is 1. The molecule has 0 bridgehead atoms. The van der Waals surface area contributed by atoms with Crippen molar-refractivity contribution in [3.05, 3.63) is 12.7 Å². The van der Waals surface area contributed by atoms with Crippen molar-refractivity contribution in [2.75, 3.05) is 13.1 Å². The molecule has 3 nitrogen and oxygen atoms in total. The van der Waals surface area contributed by atoms with E-state index < -0.39 is 0 Å². The predicted molar refractivity (Wildman–Crippen MR) is 56.1 cm³/mol. The molecule has 1 saturated heterocycles. The second-order valence-electron chi connectivity index (χ2n) is 3.31. The molecule has 2 atom stereocenters. The minimum Gasteiger partial charge on any atom is -0.331 e. The van der Waals surface area contributed by atoms with Crippen molar-refractivity contribution in [3.63, 3.8) is 0 Å². The maximum Gasteiger partial charge on any atom is 0.246 e. The van der Waals surface area contributed by atoms with E-state index in [2.05, 4.69) is 11.9 Å². The quantitative estimate of drug-likeness (QED) is 0.641. The molecule has 1 amide bonds. The van der Waals surface area contributed by atoms with Gasteiger partial charge in [0.1, 0.15) is 0 Å². The first-order chi connectivity index (χ1) is 5.66. The number of halogens is 1. The fourth-order valence-electron chi connectivity index (χ4n) is 1.67. The van der Waals surface area contributed by atoms with Crippen molar-refractivity contribution in [2.24, 2.45) is 0 Å². The molecule has 0 saturated carbocycles. The zero-order valence-electron chi connectivity index (χ0n) is 8.12. The molecule has 2 unspecified atom stereocenters. The molecule has 13 heavy (non-hydrogen) atoms. The first kappa shape index (κ1) is 12.5. The Hall–Kier alpha value is -0.540.